The summed E-state index contributed by atoms with van der Waals surface area (Å²) < 4.78 is 0. The molecule has 3 N–H and O–H groups in total. The van der Waals surface area contributed by atoms with Crippen LogP contribution in [0.2, 0.25) is 0 Å². The minimum atomic E-state index is -0.863. The molecule has 1 fully saturated rings. The normalized spacial score (nSPS) is 17.1. The first-order valence-corrected chi connectivity index (χ1v) is 6.52. The highest BCUT2D eigenvalue weighted by atomic mass is 32.1. The Morgan fingerprint density at radius 2 is 2.29 bits per heavy atom. The Balaban J connectivity index is 1.88. The fraction of sp³-hybridized carbons (Fsp3) is 0.583. The maximum atomic E-state index is 10.8. The zero-order chi connectivity index (χ0) is 12.5. The van der Waals surface area contributed by atoms with E-state index in [0.29, 0.717) is 11.4 Å². The molecule has 0 saturated heterocycles. The number of nitrogens with one attached hydrogen (secondary N) is 1. The van der Waals surface area contributed by atoms with Gasteiger partial charge in [0.15, 0.2) is 0 Å². The molecule has 1 saturated carbocycles. The SMILES string of the molecule is Cc1sc(C(=O)O)cc1CNCC1(CO)CC1. The summed E-state index contributed by atoms with van der Waals surface area (Å²) in [6.07, 6.45) is 2.17. The first kappa shape index (κ1) is 12.5. The van der Waals surface area contributed by atoms with Crippen LogP contribution >= 0.6 is 11.3 Å². The summed E-state index contributed by atoms with van der Waals surface area (Å²) in [4.78, 5) is 12.2. The van der Waals surface area contributed by atoms with Crippen molar-refractivity contribution < 1.29 is 15.0 Å². The Morgan fingerprint density at radius 3 is 2.76 bits per heavy atom. The molecular formula is C12H17NO3S. The molecule has 17 heavy (non-hydrogen) atoms. The van der Waals surface area contributed by atoms with Crippen LogP contribution in [0.15, 0.2) is 6.07 Å². The molecule has 0 aromatic carbocycles. The minimum Gasteiger partial charge on any atom is -0.477 e. The fourth-order valence-electron chi connectivity index (χ4n) is 1.83. The van der Waals surface area contributed by atoms with Gasteiger partial charge >= 0.3 is 5.97 Å². The zero-order valence-corrected chi connectivity index (χ0v) is 10.6. The van der Waals surface area contributed by atoms with Gasteiger partial charge in [-0.1, -0.05) is 0 Å². The summed E-state index contributed by atoms with van der Waals surface area (Å²) in [5.74, 6) is -0.863. The molecule has 4 nitrogen and oxygen atoms in total. The van der Waals surface area contributed by atoms with E-state index in [9.17, 15) is 4.79 Å². The number of hydrogen-bond donors (Lipinski definition) is 3. The van der Waals surface area contributed by atoms with Crippen LogP contribution in [-0.4, -0.2) is 29.3 Å². The molecule has 1 aliphatic rings. The third-order valence-corrected chi connectivity index (χ3v) is 4.42. The second-order valence-electron chi connectivity index (χ2n) is 4.76. The lowest BCUT2D eigenvalue weighted by molar-refractivity contribution is 0.0702. The standard InChI is InChI=1S/C12H17NO3S/c1-8-9(4-10(17-8)11(15)16)5-13-6-12(7-14)2-3-12/h4,13-14H,2-3,5-7H2,1H3,(H,15,16). The largest absolute Gasteiger partial charge is 0.477 e. The van der Waals surface area contributed by atoms with E-state index < -0.39 is 5.97 Å². The highest BCUT2D eigenvalue weighted by Gasteiger charge is 2.41. The Kier molecular flexibility index (Phi) is 3.51. The summed E-state index contributed by atoms with van der Waals surface area (Å²) in [5.41, 5.74) is 1.14. The van der Waals surface area contributed by atoms with E-state index in [1.807, 2.05) is 6.92 Å². The third kappa shape index (κ3) is 2.86. The number of thiophene rings is 1. The highest BCUT2D eigenvalue weighted by molar-refractivity contribution is 7.14. The van der Waals surface area contributed by atoms with E-state index in [1.165, 1.54) is 11.3 Å². The second-order valence-corrected chi connectivity index (χ2v) is 6.02. The monoisotopic (exact) mass is 255 g/mol. The summed E-state index contributed by atoms with van der Waals surface area (Å²) in [7, 11) is 0. The number of rotatable bonds is 6. The second kappa shape index (κ2) is 4.76. The Morgan fingerprint density at radius 1 is 1.59 bits per heavy atom. The summed E-state index contributed by atoms with van der Waals surface area (Å²) in [6, 6.07) is 1.73. The van der Waals surface area contributed by atoms with Crippen LogP contribution in [0.25, 0.3) is 0 Å². The maximum Gasteiger partial charge on any atom is 0.345 e. The van der Waals surface area contributed by atoms with Crippen molar-refractivity contribution in [3.63, 3.8) is 0 Å². The van der Waals surface area contributed by atoms with Crippen molar-refractivity contribution in [2.75, 3.05) is 13.2 Å². The topological polar surface area (TPSA) is 69.6 Å². The lowest BCUT2D eigenvalue weighted by Gasteiger charge is -2.12. The molecule has 0 bridgehead atoms. The predicted molar refractivity (Wildman–Crippen MR) is 66.5 cm³/mol. The predicted octanol–water partition coefficient (Wildman–Crippen LogP) is 1.62. The van der Waals surface area contributed by atoms with Crippen molar-refractivity contribution in [2.24, 2.45) is 5.41 Å². The zero-order valence-electron chi connectivity index (χ0n) is 9.82. The molecule has 1 heterocycles. The van der Waals surface area contributed by atoms with Crippen molar-refractivity contribution in [1.29, 1.82) is 0 Å². The van der Waals surface area contributed by atoms with Gasteiger partial charge in [-0.25, -0.2) is 4.79 Å². The molecule has 1 aliphatic carbocycles. The lowest BCUT2D eigenvalue weighted by atomic mass is 10.1. The Bertz CT molecular complexity index is 423. The van der Waals surface area contributed by atoms with Crippen molar-refractivity contribution in [3.05, 3.63) is 21.4 Å². The molecule has 2 rings (SSSR count). The Hall–Kier alpha value is -0.910. The van der Waals surface area contributed by atoms with E-state index in [2.05, 4.69) is 5.32 Å². The van der Waals surface area contributed by atoms with Crippen molar-refractivity contribution >= 4 is 17.3 Å². The molecule has 94 valence electrons. The van der Waals surface area contributed by atoms with Crippen molar-refractivity contribution in [2.45, 2.75) is 26.3 Å². The average Bonchev–Trinajstić information content (AvgIpc) is 2.97. The fourth-order valence-corrected chi connectivity index (χ4v) is 2.71. The molecular weight excluding hydrogens is 238 g/mol. The maximum absolute atomic E-state index is 10.8. The van der Waals surface area contributed by atoms with Crippen LogP contribution in [-0.2, 0) is 6.54 Å². The average molecular weight is 255 g/mol. The van der Waals surface area contributed by atoms with Gasteiger partial charge in [-0.3, -0.25) is 0 Å². The Labute approximate surface area is 104 Å². The van der Waals surface area contributed by atoms with Crippen LogP contribution in [0, 0.1) is 12.3 Å². The lowest BCUT2D eigenvalue weighted by Crippen LogP contribution is -2.26. The molecule has 0 aliphatic heterocycles. The van der Waals surface area contributed by atoms with E-state index >= 15 is 0 Å². The molecule has 1 aromatic rings. The van der Waals surface area contributed by atoms with Gasteiger partial charge in [0.25, 0.3) is 0 Å². The van der Waals surface area contributed by atoms with Crippen LogP contribution < -0.4 is 5.32 Å². The number of aliphatic hydroxyl groups is 1. The summed E-state index contributed by atoms with van der Waals surface area (Å²) in [6.45, 7) is 3.66. The van der Waals surface area contributed by atoms with Crippen molar-refractivity contribution in [3.8, 4) is 0 Å². The van der Waals surface area contributed by atoms with Gasteiger partial charge in [-0.05, 0) is 31.4 Å². The summed E-state index contributed by atoms with van der Waals surface area (Å²) >= 11 is 1.31. The number of aliphatic hydroxyl groups excluding tert-OH is 1. The number of hydrogen-bond acceptors (Lipinski definition) is 4. The van der Waals surface area contributed by atoms with E-state index in [4.69, 9.17) is 10.2 Å². The molecule has 0 unspecified atom stereocenters. The third-order valence-electron chi connectivity index (χ3n) is 3.34. The molecule has 1 aromatic heterocycles. The molecule has 0 atom stereocenters. The van der Waals surface area contributed by atoms with Gasteiger partial charge < -0.3 is 15.5 Å². The molecule has 0 radical (unpaired) electrons. The number of aromatic carboxylic acids is 1. The van der Waals surface area contributed by atoms with Crippen LogP contribution in [0.1, 0.15) is 33.0 Å². The van der Waals surface area contributed by atoms with Crippen LogP contribution in [0.5, 0.6) is 0 Å². The van der Waals surface area contributed by atoms with Crippen molar-refractivity contribution in [1.82, 2.24) is 5.32 Å². The van der Waals surface area contributed by atoms with Gasteiger partial charge in [-0.15, -0.1) is 11.3 Å². The van der Waals surface area contributed by atoms with Gasteiger partial charge in [0.05, 0.1) is 0 Å². The van der Waals surface area contributed by atoms with Gasteiger partial charge in [0.2, 0.25) is 0 Å². The van der Waals surface area contributed by atoms with E-state index in [1.54, 1.807) is 6.07 Å². The van der Waals surface area contributed by atoms with Gasteiger partial charge in [0, 0.05) is 30.0 Å². The van der Waals surface area contributed by atoms with Gasteiger partial charge in [0.1, 0.15) is 4.88 Å². The number of aryl methyl sites for hydroxylation is 1. The van der Waals surface area contributed by atoms with Crippen LogP contribution in [0.4, 0.5) is 0 Å². The number of carboxylic acids is 1. The van der Waals surface area contributed by atoms with E-state index in [-0.39, 0.29) is 12.0 Å². The molecule has 0 amide bonds. The summed E-state index contributed by atoms with van der Waals surface area (Å²) in [5, 5.41) is 21.4. The molecule has 0 spiro atoms. The smallest absolute Gasteiger partial charge is 0.345 e. The first-order valence-electron chi connectivity index (χ1n) is 5.70. The molecule has 5 heteroatoms. The number of carboxylic acid groups (broad SMARTS) is 1. The highest BCUT2D eigenvalue weighted by Crippen LogP contribution is 2.44. The minimum absolute atomic E-state index is 0.0968. The van der Waals surface area contributed by atoms with Crippen LogP contribution in [0.3, 0.4) is 0 Å². The first-order chi connectivity index (χ1) is 8.06. The number of carbonyl (C=O) groups is 1. The quantitative estimate of drug-likeness (QED) is 0.722. The van der Waals surface area contributed by atoms with Gasteiger partial charge in [-0.2, -0.15) is 0 Å². The van der Waals surface area contributed by atoms with E-state index in [0.717, 1.165) is 29.8 Å².